The van der Waals surface area contributed by atoms with Gasteiger partial charge in [-0.2, -0.15) is 4.31 Å². The van der Waals surface area contributed by atoms with E-state index in [0.29, 0.717) is 18.9 Å². The standard InChI is InChI=1S/C16H18N6O4S/c1-21-6-7-22(9-13(21)14-17-4-5-18-14)27(25,26)10-2-3-12-11(8-10)15(23)20-16(24)19-12/h2-5,8,13H,6-7,9H2,1H3,(H,17,18)(H2,19,20,23,24). The van der Waals surface area contributed by atoms with E-state index in [9.17, 15) is 18.0 Å². The highest BCUT2D eigenvalue weighted by molar-refractivity contribution is 7.89. The molecule has 3 heterocycles. The molecule has 1 aliphatic rings. The Kier molecular flexibility index (Phi) is 4.21. The van der Waals surface area contributed by atoms with Crippen molar-refractivity contribution >= 4 is 20.9 Å². The van der Waals surface area contributed by atoms with E-state index in [4.69, 9.17) is 0 Å². The minimum Gasteiger partial charge on any atom is -0.347 e. The molecule has 3 N–H and O–H groups in total. The Balaban J connectivity index is 1.72. The molecule has 1 saturated heterocycles. The molecule has 27 heavy (non-hydrogen) atoms. The topological polar surface area (TPSA) is 135 Å². The van der Waals surface area contributed by atoms with Crippen LogP contribution < -0.4 is 11.2 Å². The van der Waals surface area contributed by atoms with Crippen molar-refractivity contribution in [3.8, 4) is 0 Å². The molecule has 0 radical (unpaired) electrons. The third kappa shape index (κ3) is 3.09. The number of sulfonamides is 1. The lowest BCUT2D eigenvalue weighted by atomic mass is 10.2. The highest BCUT2D eigenvalue weighted by Crippen LogP contribution is 2.26. The van der Waals surface area contributed by atoms with Crippen molar-refractivity contribution in [1.29, 1.82) is 0 Å². The minimum atomic E-state index is -3.81. The van der Waals surface area contributed by atoms with Gasteiger partial charge in [-0.25, -0.2) is 18.2 Å². The first kappa shape index (κ1) is 17.6. The number of aromatic amines is 3. The predicted octanol–water partition coefficient (Wildman–Crippen LogP) is -0.383. The maximum Gasteiger partial charge on any atom is 0.326 e. The van der Waals surface area contributed by atoms with E-state index < -0.39 is 21.3 Å². The van der Waals surface area contributed by atoms with Gasteiger partial charge in [0.2, 0.25) is 10.0 Å². The fourth-order valence-electron chi connectivity index (χ4n) is 3.28. The summed E-state index contributed by atoms with van der Waals surface area (Å²) in [6.45, 7) is 1.12. The van der Waals surface area contributed by atoms with Gasteiger partial charge in [-0.3, -0.25) is 14.7 Å². The average molecular weight is 390 g/mol. The lowest BCUT2D eigenvalue weighted by molar-refractivity contribution is 0.142. The molecule has 1 unspecified atom stereocenters. The van der Waals surface area contributed by atoms with Crippen LogP contribution in [-0.2, 0) is 10.0 Å². The molecule has 1 aromatic carbocycles. The number of imidazole rings is 1. The van der Waals surface area contributed by atoms with Gasteiger partial charge in [0.15, 0.2) is 0 Å². The Morgan fingerprint density at radius 1 is 1.19 bits per heavy atom. The van der Waals surface area contributed by atoms with Gasteiger partial charge in [-0.1, -0.05) is 0 Å². The zero-order valence-electron chi connectivity index (χ0n) is 14.5. The van der Waals surface area contributed by atoms with Gasteiger partial charge in [0.05, 0.1) is 21.8 Å². The van der Waals surface area contributed by atoms with Crippen molar-refractivity contribution in [3.05, 3.63) is 57.3 Å². The summed E-state index contributed by atoms with van der Waals surface area (Å²) in [4.78, 5) is 37.3. The third-order valence-corrected chi connectivity index (χ3v) is 6.66. The molecule has 1 aliphatic heterocycles. The molecule has 2 aromatic heterocycles. The van der Waals surface area contributed by atoms with Crippen molar-refractivity contribution in [3.63, 3.8) is 0 Å². The van der Waals surface area contributed by atoms with Crippen LogP contribution >= 0.6 is 0 Å². The first-order chi connectivity index (χ1) is 12.9. The summed E-state index contributed by atoms with van der Waals surface area (Å²) in [5.74, 6) is 0.699. The van der Waals surface area contributed by atoms with Gasteiger partial charge >= 0.3 is 5.69 Å². The summed E-state index contributed by atoms with van der Waals surface area (Å²) in [7, 11) is -1.89. The molecule has 3 aromatic rings. The molecule has 142 valence electrons. The summed E-state index contributed by atoms with van der Waals surface area (Å²) < 4.78 is 27.6. The van der Waals surface area contributed by atoms with Crippen LogP contribution in [0.15, 0.2) is 45.1 Å². The number of hydrogen-bond donors (Lipinski definition) is 3. The molecule has 0 spiro atoms. The SMILES string of the molecule is CN1CCN(S(=O)(=O)c2ccc3[nH]c(=O)[nH]c(=O)c3c2)CC1c1ncc[nH]1. The summed E-state index contributed by atoms with van der Waals surface area (Å²) in [5.41, 5.74) is -0.976. The Morgan fingerprint density at radius 2 is 2.00 bits per heavy atom. The van der Waals surface area contributed by atoms with Crippen LogP contribution in [0.2, 0.25) is 0 Å². The second-order valence-corrected chi connectivity index (χ2v) is 8.39. The van der Waals surface area contributed by atoms with Gasteiger partial charge in [0.25, 0.3) is 5.56 Å². The smallest absolute Gasteiger partial charge is 0.326 e. The molecular formula is C16H18N6O4S. The Bertz CT molecular complexity index is 1200. The first-order valence-electron chi connectivity index (χ1n) is 8.32. The molecule has 1 fully saturated rings. The van der Waals surface area contributed by atoms with Crippen LogP contribution in [0, 0.1) is 0 Å². The van der Waals surface area contributed by atoms with Gasteiger partial charge in [-0.15, -0.1) is 0 Å². The monoisotopic (exact) mass is 390 g/mol. The summed E-state index contributed by atoms with van der Waals surface area (Å²) in [6, 6.07) is 3.93. The van der Waals surface area contributed by atoms with Crippen LogP contribution in [0.3, 0.4) is 0 Å². The Hall–Kier alpha value is -2.76. The van der Waals surface area contributed by atoms with Crippen LogP contribution in [0.4, 0.5) is 0 Å². The second-order valence-electron chi connectivity index (χ2n) is 6.45. The van der Waals surface area contributed by atoms with Crippen LogP contribution in [-0.4, -0.2) is 64.2 Å². The highest BCUT2D eigenvalue weighted by Gasteiger charge is 2.34. The number of piperazine rings is 1. The second kappa shape index (κ2) is 6.44. The largest absolute Gasteiger partial charge is 0.347 e. The number of hydrogen-bond acceptors (Lipinski definition) is 6. The number of nitrogens with one attached hydrogen (secondary N) is 3. The van der Waals surface area contributed by atoms with Crippen molar-refractivity contribution < 1.29 is 8.42 Å². The number of fused-ring (bicyclic) bond motifs is 1. The van der Waals surface area contributed by atoms with Crippen LogP contribution in [0.1, 0.15) is 11.9 Å². The molecule has 10 nitrogen and oxygen atoms in total. The van der Waals surface area contributed by atoms with E-state index >= 15 is 0 Å². The fourth-order valence-corrected chi connectivity index (χ4v) is 4.74. The van der Waals surface area contributed by atoms with Gasteiger partial charge < -0.3 is 9.97 Å². The van der Waals surface area contributed by atoms with Crippen LogP contribution in [0.25, 0.3) is 10.9 Å². The number of benzene rings is 1. The van der Waals surface area contributed by atoms with Gasteiger partial charge in [0.1, 0.15) is 5.82 Å². The Morgan fingerprint density at radius 3 is 2.74 bits per heavy atom. The van der Waals surface area contributed by atoms with Crippen molar-refractivity contribution in [2.75, 3.05) is 26.7 Å². The van der Waals surface area contributed by atoms with Crippen molar-refractivity contribution in [2.45, 2.75) is 10.9 Å². The van der Waals surface area contributed by atoms with Crippen molar-refractivity contribution in [1.82, 2.24) is 29.1 Å². The third-order valence-electron chi connectivity index (χ3n) is 4.79. The normalized spacial score (nSPS) is 19.5. The maximum absolute atomic E-state index is 13.1. The maximum atomic E-state index is 13.1. The van der Waals surface area contributed by atoms with Gasteiger partial charge in [0, 0.05) is 32.0 Å². The summed E-state index contributed by atoms with van der Waals surface area (Å²) in [6.07, 6.45) is 3.33. The lowest BCUT2D eigenvalue weighted by Gasteiger charge is -2.37. The van der Waals surface area contributed by atoms with Crippen LogP contribution in [0.5, 0.6) is 0 Å². The first-order valence-corrected chi connectivity index (χ1v) is 9.76. The van der Waals surface area contributed by atoms with Gasteiger partial charge in [-0.05, 0) is 25.2 Å². The molecular weight excluding hydrogens is 372 g/mol. The number of H-pyrrole nitrogens is 3. The molecule has 1 atom stereocenters. The summed E-state index contributed by atoms with van der Waals surface area (Å²) in [5, 5.41) is 0.118. The quantitative estimate of drug-likeness (QED) is 0.558. The molecule has 0 aliphatic carbocycles. The zero-order chi connectivity index (χ0) is 19.2. The van der Waals surface area contributed by atoms with Crippen molar-refractivity contribution in [2.24, 2.45) is 0 Å². The lowest BCUT2D eigenvalue weighted by Crippen LogP contribution is -2.49. The number of nitrogens with zero attached hydrogens (tertiary/aromatic N) is 3. The van der Waals surface area contributed by atoms with E-state index in [1.54, 1.807) is 12.4 Å². The minimum absolute atomic E-state index is 0.00953. The molecule has 4 rings (SSSR count). The summed E-state index contributed by atoms with van der Waals surface area (Å²) >= 11 is 0. The highest BCUT2D eigenvalue weighted by atomic mass is 32.2. The molecule has 0 bridgehead atoms. The zero-order valence-corrected chi connectivity index (χ0v) is 15.3. The fraction of sp³-hybridized carbons (Fsp3) is 0.312. The van der Waals surface area contributed by atoms with E-state index in [0.717, 1.165) is 0 Å². The number of aromatic nitrogens is 4. The number of likely N-dealkylation sites (N-methyl/N-ethyl adjacent to an activating group) is 1. The van der Waals surface area contributed by atoms with E-state index in [1.807, 2.05) is 11.9 Å². The van der Waals surface area contributed by atoms with E-state index in [1.165, 1.54) is 22.5 Å². The molecule has 11 heteroatoms. The Labute approximate surface area is 153 Å². The number of rotatable bonds is 3. The van der Waals surface area contributed by atoms with E-state index in [-0.39, 0.29) is 28.4 Å². The molecule has 0 saturated carbocycles. The molecule has 0 amide bonds. The predicted molar refractivity (Wildman–Crippen MR) is 97.9 cm³/mol. The van der Waals surface area contributed by atoms with E-state index in [2.05, 4.69) is 19.9 Å². The average Bonchev–Trinajstić information content (AvgIpc) is 3.16.